The van der Waals surface area contributed by atoms with Gasteiger partial charge in [0.2, 0.25) is 11.8 Å². The van der Waals surface area contributed by atoms with Crippen LogP contribution in [0.4, 0.5) is 0 Å². The summed E-state index contributed by atoms with van der Waals surface area (Å²) in [6.45, 7) is 6.24. The van der Waals surface area contributed by atoms with E-state index in [1.54, 1.807) is 29.2 Å². The van der Waals surface area contributed by atoms with Gasteiger partial charge in [-0.05, 0) is 55.2 Å². The van der Waals surface area contributed by atoms with Crippen LogP contribution >= 0.6 is 23.2 Å². The Balaban J connectivity index is 2.26. The summed E-state index contributed by atoms with van der Waals surface area (Å²) in [5.74, 6) is -0.228. The molecule has 4 nitrogen and oxygen atoms in total. The second-order valence-electron chi connectivity index (χ2n) is 7.19. The van der Waals surface area contributed by atoms with Crippen LogP contribution < -0.4 is 5.32 Å². The van der Waals surface area contributed by atoms with Gasteiger partial charge in [0.15, 0.2) is 0 Å². The minimum atomic E-state index is -0.542. The Labute approximate surface area is 183 Å². The van der Waals surface area contributed by atoms with Crippen molar-refractivity contribution in [2.45, 2.75) is 58.7 Å². The van der Waals surface area contributed by atoms with Gasteiger partial charge in [-0.15, -0.1) is 0 Å². The van der Waals surface area contributed by atoms with Gasteiger partial charge < -0.3 is 10.2 Å². The standard InChI is InChI=1S/C23H28Cl2N2O2/c1-4-16(3)26-23(29)21(5-2)27(15-18-8-12-20(25)13-9-18)22(28)14-17-6-10-19(24)11-7-17/h6-13,16,21H,4-5,14-15H2,1-3H3,(H,26,29)/t16-,21-/m0/s1. The van der Waals surface area contributed by atoms with E-state index in [4.69, 9.17) is 23.2 Å². The molecule has 0 radical (unpaired) electrons. The SMILES string of the molecule is CC[C@H](C)NC(=O)[C@H](CC)N(Cc1ccc(Cl)cc1)C(=O)Cc1ccc(Cl)cc1. The highest BCUT2D eigenvalue weighted by Gasteiger charge is 2.29. The molecular weight excluding hydrogens is 407 g/mol. The molecule has 6 heteroatoms. The average molecular weight is 435 g/mol. The third-order valence-electron chi connectivity index (χ3n) is 4.92. The van der Waals surface area contributed by atoms with Gasteiger partial charge in [-0.2, -0.15) is 0 Å². The molecule has 0 bridgehead atoms. The zero-order chi connectivity index (χ0) is 21.4. The third-order valence-corrected chi connectivity index (χ3v) is 5.43. The molecule has 1 N–H and O–H groups in total. The number of rotatable bonds is 9. The highest BCUT2D eigenvalue weighted by atomic mass is 35.5. The predicted octanol–water partition coefficient (Wildman–Crippen LogP) is 5.26. The number of nitrogens with one attached hydrogen (secondary N) is 1. The fourth-order valence-electron chi connectivity index (χ4n) is 3.03. The molecular formula is C23H28Cl2N2O2. The first-order valence-electron chi connectivity index (χ1n) is 9.92. The topological polar surface area (TPSA) is 49.4 Å². The Bertz CT molecular complexity index is 807. The molecule has 0 saturated heterocycles. The lowest BCUT2D eigenvalue weighted by Gasteiger charge is -2.31. The lowest BCUT2D eigenvalue weighted by molar-refractivity contribution is -0.141. The number of nitrogens with zero attached hydrogens (tertiary/aromatic N) is 1. The van der Waals surface area contributed by atoms with Gasteiger partial charge in [-0.1, -0.05) is 61.3 Å². The van der Waals surface area contributed by atoms with Gasteiger partial charge in [-0.3, -0.25) is 9.59 Å². The van der Waals surface area contributed by atoms with Crippen molar-refractivity contribution in [2.75, 3.05) is 0 Å². The molecule has 0 aliphatic heterocycles. The normalized spacial score (nSPS) is 12.9. The number of benzene rings is 2. The minimum Gasteiger partial charge on any atom is -0.352 e. The lowest BCUT2D eigenvalue weighted by Crippen LogP contribution is -2.51. The zero-order valence-corrected chi connectivity index (χ0v) is 18.6. The first-order valence-corrected chi connectivity index (χ1v) is 10.7. The second kappa shape index (κ2) is 11.2. The zero-order valence-electron chi connectivity index (χ0n) is 17.1. The number of hydrogen-bond donors (Lipinski definition) is 1. The van der Waals surface area contributed by atoms with Gasteiger partial charge in [0, 0.05) is 22.6 Å². The summed E-state index contributed by atoms with van der Waals surface area (Å²) in [5.41, 5.74) is 1.78. The first kappa shape index (κ1) is 23.2. The van der Waals surface area contributed by atoms with E-state index < -0.39 is 6.04 Å². The monoisotopic (exact) mass is 434 g/mol. The summed E-state index contributed by atoms with van der Waals surface area (Å²) >= 11 is 11.9. The summed E-state index contributed by atoms with van der Waals surface area (Å²) in [7, 11) is 0. The lowest BCUT2D eigenvalue weighted by atomic mass is 10.1. The first-order chi connectivity index (χ1) is 13.8. The van der Waals surface area contributed by atoms with E-state index in [9.17, 15) is 9.59 Å². The predicted molar refractivity (Wildman–Crippen MR) is 119 cm³/mol. The van der Waals surface area contributed by atoms with Crippen molar-refractivity contribution in [1.29, 1.82) is 0 Å². The maximum absolute atomic E-state index is 13.2. The Morgan fingerprint density at radius 3 is 1.90 bits per heavy atom. The number of carbonyl (C=O) groups excluding carboxylic acids is 2. The molecule has 0 unspecified atom stereocenters. The number of hydrogen-bond acceptors (Lipinski definition) is 2. The van der Waals surface area contributed by atoms with Crippen molar-refractivity contribution >= 4 is 35.0 Å². The third kappa shape index (κ3) is 7.06. The van der Waals surface area contributed by atoms with Crippen LogP contribution in [0.3, 0.4) is 0 Å². The summed E-state index contributed by atoms with van der Waals surface area (Å²) in [6.07, 6.45) is 1.57. The fourth-order valence-corrected chi connectivity index (χ4v) is 3.28. The van der Waals surface area contributed by atoms with Gasteiger partial charge in [0.25, 0.3) is 0 Å². The molecule has 0 spiro atoms. The van der Waals surface area contributed by atoms with Gasteiger partial charge in [-0.25, -0.2) is 0 Å². The summed E-state index contributed by atoms with van der Waals surface area (Å²) < 4.78 is 0. The molecule has 0 aliphatic rings. The van der Waals surface area contributed by atoms with Gasteiger partial charge >= 0.3 is 0 Å². The molecule has 2 amide bonds. The summed E-state index contributed by atoms with van der Waals surface area (Å²) in [5, 5.41) is 4.27. The van der Waals surface area contributed by atoms with Crippen molar-refractivity contribution < 1.29 is 9.59 Å². The second-order valence-corrected chi connectivity index (χ2v) is 8.07. The Morgan fingerprint density at radius 2 is 1.41 bits per heavy atom. The molecule has 0 heterocycles. The average Bonchev–Trinajstić information content (AvgIpc) is 2.70. The van der Waals surface area contributed by atoms with Crippen molar-refractivity contribution in [2.24, 2.45) is 0 Å². The molecule has 2 rings (SSSR count). The number of carbonyl (C=O) groups is 2. The van der Waals surface area contributed by atoms with Crippen molar-refractivity contribution in [3.63, 3.8) is 0 Å². The molecule has 0 saturated carbocycles. The Morgan fingerprint density at radius 1 is 0.897 bits per heavy atom. The van der Waals surface area contributed by atoms with Crippen LogP contribution in [-0.2, 0) is 22.6 Å². The van der Waals surface area contributed by atoms with E-state index in [-0.39, 0.29) is 24.3 Å². The molecule has 0 fully saturated rings. The van der Waals surface area contributed by atoms with E-state index in [1.807, 2.05) is 45.0 Å². The fraction of sp³-hybridized carbons (Fsp3) is 0.391. The van der Waals surface area contributed by atoms with Crippen molar-refractivity contribution in [3.05, 3.63) is 69.7 Å². The quantitative estimate of drug-likeness (QED) is 0.584. The molecule has 0 aromatic heterocycles. The maximum atomic E-state index is 13.2. The summed E-state index contributed by atoms with van der Waals surface area (Å²) in [6, 6.07) is 14.1. The van der Waals surface area contributed by atoms with Crippen LogP contribution in [0.2, 0.25) is 10.0 Å². The van der Waals surface area contributed by atoms with Crippen LogP contribution in [0, 0.1) is 0 Å². The van der Waals surface area contributed by atoms with Crippen molar-refractivity contribution in [3.8, 4) is 0 Å². The van der Waals surface area contributed by atoms with Crippen LogP contribution in [0.1, 0.15) is 44.7 Å². The van der Waals surface area contributed by atoms with Gasteiger partial charge in [0.1, 0.15) is 6.04 Å². The molecule has 2 atom stereocenters. The molecule has 0 aliphatic carbocycles. The van der Waals surface area contributed by atoms with E-state index in [0.717, 1.165) is 17.5 Å². The Hall–Kier alpha value is -2.04. The summed E-state index contributed by atoms with van der Waals surface area (Å²) in [4.78, 5) is 27.8. The van der Waals surface area contributed by atoms with Crippen LogP contribution in [0.5, 0.6) is 0 Å². The van der Waals surface area contributed by atoms with E-state index >= 15 is 0 Å². The van der Waals surface area contributed by atoms with Crippen LogP contribution in [0.25, 0.3) is 0 Å². The number of amides is 2. The van der Waals surface area contributed by atoms with Crippen molar-refractivity contribution in [1.82, 2.24) is 10.2 Å². The smallest absolute Gasteiger partial charge is 0.243 e. The largest absolute Gasteiger partial charge is 0.352 e. The van der Waals surface area contributed by atoms with Crippen LogP contribution in [0.15, 0.2) is 48.5 Å². The Kier molecular flexibility index (Phi) is 8.99. The highest BCUT2D eigenvalue weighted by Crippen LogP contribution is 2.18. The molecule has 2 aromatic rings. The van der Waals surface area contributed by atoms with E-state index in [2.05, 4.69) is 5.32 Å². The van der Waals surface area contributed by atoms with Crippen LogP contribution in [-0.4, -0.2) is 28.8 Å². The number of halogens is 2. The van der Waals surface area contributed by atoms with E-state index in [1.165, 1.54) is 0 Å². The maximum Gasteiger partial charge on any atom is 0.243 e. The molecule has 29 heavy (non-hydrogen) atoms. The minimum absolute atomic E-state index is 0.0558. The molecule has 156 valence electrons. The highest BCUT2D eigenvalue weighted by molar-refractivity contribution is 6.30. The molecule has 2 aromatic carbocycles. The van der Waals surface area contributed by atoms with Gasteiger partial charge in [0.05, 0.1) is 6.42 Å². The van der Waals surface area contributed by atoms with E-state index in [0.29, 0.717) is 23.0 Å².